The molecule has 0 atom stereocenters. The van der Waals surface area contributed by atoms with Crippen molar-refractivity contribution in [3.05, 3.63) is 76.0 Å². The van der Waals surface area contributed by atoms with Crippen molar-refractivity contribution in [1.29, 1.82) is 0 Å². The topological polar surface area (TPSA) is 58.2 Å². The van der Waals surface area contributed by atoms with Crippen LogP contribution in [-0.2, 0) is 11.2 Å². The van der Waals surface area contributed by atoms with E-state index in [1.807, 2.05) is 60.8 Å². The summed E-state index contributed by atoms with van der Waals surface area (Å²) in [6.07, 6.45) is 0.871. The van der Waals surface area contributed by atoms with Crippen LogP contribution in [0, 0.1) is 6.92 Å². The first-order valence-electron chi connectivity index (χ1n) is 9.03. The molecule has 3 aromatic rings. The van der Waals surface area contributed by atoms with Gasteiger partial charge >= 0.3 is 0 Å². The molecule has 0 radical (unpaired) electrons. The number of hydrogen-bond acceptors (Lipinski definition) is 4. The summed E-state index contributed by atoms with van der Waals surface area (Å²) in [4.78, 5) is 26.2. The largest absolute Gasteiger partial charge is 0.325 e. The van der Waals surface area contributed by atoms with E-state index in [0.29, 0.717) is 10.6 Å². The molecule has 0 saturated heterocycles. The van der Waals surface area contributed by atoms with Gasteiger partial charge in [-0.05, 0) is 54.1 Å². The molecule has 0 aliphatic heterocycles. The maximum absolute atomic E-state index is 12.4. The van der Waals surface area contributed by atoms with E-state index in [2.05, 4.69) is 17.6 Å². The minimum Gasteiger partial charge on any atom is -0.325 e. The SMILES string of the molecule is CCc1cccc(C)c1NC(=O)CSc1cccc(NC(=O)c2cccs2)c1. The van der Waals surface area contributed by atoms with Crippen LogP contribution in [0.3, 0.4) is 0 Å². The van der Waals surface area contributed by atoms with Gasteiger partial charge in [0.2, 0.25) is 5.91 Å². The number of rotatable bonds is 7. The van der Waals surface area contributed by atoms with Crippen molar-refractivity contribution >= 4 is 46.3 Å². The Hall–Kier alpha value is -2.57. The molecule has 0 unspecified atom stereocenters. The van der Waals surface area contributed by atoms with E-state index < -0.39 is 0 Å². The van der Waals surface area contributed by atoms with E-state index in [-0.39, 0.29) is 11.8 Å². The van der Waals surface area contributed by atoms with Crippen molar-refractivity contribution in [1.82, 2.24) is 0 Å². The molecule has 0 saturated carbocycles. The summed E-state index contributed by atoms with van der Waals surface area (Å²) in [7, 11) is 0. The van der Waals surface area contributed by atoms with E-state index in [1.165, 1.54) is 23.1 Å². The molecule has 1 aromatic heterocycles. The molecule has 0 aliphatic rings. The first kappa shape index (κ1) is 20.2. The number of thioether (sulfide) groups is 1. The lowest BCUT2D eigenvalue weighted by molar-refractivity contribution is -0.113. The van der Waals surface area contributed by atoms with Gasteiger partial charge in [0.25, 0.3) is 5.91 Å². The summed E-state index contributed by atoms with van der Waals surface area (Å²) < 4.78 is 0. The van der Waals surface area contributed by atoms with E-state index in [9.17, 15) is 9.59 Å². The molecule has 0 fully saturated rings. The summed E-state index contributed by atoms with van der Waals surface area (Å²) in [5, 5.41) is 7.80. The zero-order chi connectivity index (χ0) is 19.9. The molecule has 4 nitrogen and oxygen atoms in total. The zero-order valence-electron chi connectivity index (χ0n) is 15.8. The zero-order valence-corrected chi connectivity index (χ0v) is 17.5. The Balaban J connectivity index is 1.59. The molecule has 0 aliphatic carbocycles. The first-order chi connectivity index (χ1) is 13.6. The second-order valence-corrected chi connectivity index (χ2v) is 8.26. The van der Waals surface area contributed by atoms with Crippen LogP contribution in [0.4, 0.5) is 11.4 Å². The molecular formula is C22H22N2O2S2. The number of carbonyl (C=O) groups excluding carboxylic acids is 2. The van der Waals surface area contributed by atoms with Crippen molar-refractivity contribution in [3.63, 3.8) is 0 Å². The summed E-state index contributed by atoms with van der Waals surface area (Å²) in [6, 6.07) is 17.2. The number of carbonyl (C=O) groups is 2. The van der Waals surface area contributed by atoms with Crippen LogP contribution in [-0.4, -0.2) is 17.6 Å². The van der Waals surface area contributed by atoms with Crippen molar-refractivity contribution in [2.45, 2.75) is 25.2 Å². The van der Waals surface area contributed by atoms with Gasteiger partial charge in [0.15, 0.2) is 0 Å². The number of thiophene rings is 1. The third kappa shape index (κ3) is 5.24. The maximum Gasteiger partial charge on any atom is 0.265 e. The van der Waals surface area contributed by atoms with Crippen LogP contribution in [0.1, 0.15) is 27.7 Å². The lowest BCUT2D eigenvalue weighted by Gasteiger charge is -2.13. The molecule has 28 heavy (non-hydrogen) atoms. The van der Waals surface area contributed by atoms with Crippen LogP contribution >= 0.6 is 23.1 Å². The number of anilines is 2. The first-order valence-corrected chi connectivity index (χ1v) is 10.9. The minimum atomic E-state index is -0.124. The Morgan fingerprint density at radius 1 is 1.04 bits per heavy atom. The van der Waals surface area contributed by atoms with E-state index >= 15 is 0 Å². The molecule has 2 amide bonds. The van der Waals surface area contributed by atoms with Gasteiger partial charge < -0.3 is 10.6 Å². The lowest BCUT2D eigenvalue weighted by atomic mass is 10.1. The van der Waals surface area contributed by atoms with Crippen molar-refractivity contribution in [2.75, 3.05) is 16.4 Å². The molecule has 3 rings (SSSR count). The van der Waals surface area contributed by atoms with Gasteiger partial charge in [0.1, 0.15) is 0 Å². The van der Waals surface area contributed by atoms with Crippen LogP contribution in [0.15, 0.2) is 64.9 Å². The fraction of sp³-hybridized carbons (Fsp3) is 0.182. The van der Waals surface area contributed by atoms with Gasteiger partial charge in [0, 0.05) is 16.3 Å². The smallest absolute Gasteiger partial charge is 0.265 e. The summed E-state index contributed by atoms with van der Waals surface area (Å²) in [6.45, 7) is 4.08. The fourth-order valence-corrected chi connectivity index (χ4v) is 4.16. The van der Waals surface area contributed by atoms with E-state index in [4.69, 9.17) is 0 Å². The van der Waals surface area contributed by atoms with Gasteiger partial charge in [0.05, 0.1) is 10.6 Å². The highest BCUT2D eigenvalue weighted by molar-refractivity contribution is 8.00. The van der Waals surface area contributed by atoms with Gasteiger partial charge in [-0.15, -0.1) is 23.1 Å². The third-order valence-electron chi connectivity index (χ3n) is 4.21. The van der Waals surface area contributed by atoms with Gasteiger partial charge in [-0.3, -0.25) is 9.59 Å². The lowest BCUT2D eigenvalue weighted by Crippen LogP contribution is -2.16. The number of nitrogens with one attached hydrogen (secondary N) is 2. The number of para-hydroxylation sites is 1. The van der Waals surface area contributed by atoms with Crippen molar-refractivity contribution in [2.24, 2.45) is 0 Å². The summed E-state index contributed by atoms with van der Waals surface area (Å²) in [5.74, 6) is 0.142. The Kier molecular flexibility index (Phi) is 6.90. The highest BCUT2D eigenvalue weighted by Crippen LogP contribution is 2.24. The number of amides is 2. The van der Waals surface area contributed by atoms with Crippen LogP contribution in [0.5, 0.6) is 0 Å². The maximum atomic E-state index is 12.4. The van der Waals surface area contributed by atoms with Gasteiger partial charge in [-0.2, -0.15) is 0 Å². The fourth-order valence-electron chi connectivity index (χ4n) is 2.79. The number of benzene rings is 2. The predicted molar refractivity (Wildman–Crippen MR) is 119 cm³/mol. The Morgan fingerprint density at radius 3 is 2.61 bits per heavy atom. The highest BCUT2D eigenvalue weighted by Gasteiger charge is 2.10. The second kappa shape index (κ2) is 9.57. The van der Waals surface area contributed by atoms with Crippen LogP contribution in [0.25, 0.3) is 0 Å². The molecule has 2 N–H and O–H groups in total. The molecule has 1 heterocycles. The molecule has 0 bridgehead atoms. The second-order valence-electron chi connectivity index (χ2n) is 6.26. The number of hydrogen-bond donors (Lipinski definition) is 2. The van der Waals surface area contributed by atoms with E-state index in [1.54, 1.807) is 6.07 Å². The minimum absolute atomic E-state index is 0.0398. The standard InChI is InChI=1S/C22H22N2O2S2/c1-3-16-8-4-7-15(2)21(16)24-20(25)14-28-18-10-5-9-17(13-18)23-22(26)19-11-6-12-27-19/h4-13H,3,14H2,1-2H3,(H,23,26)(H,24,25). The molecule has 0 spiro atoms. The molecule has 2 aromatic carbocycles. The monoisotopic (exact) mass is 410 g/mol. The average molecular weight is 411 g/mol. The third-order valence-corrected chi connectivity index (χ3v) is 6.07. The van der Waals surface area contributed by atoms with Crippen LogP contribution in [0.2, 0.25) is 0 Å². The quantitative estimate of drug-likeness (QED) is 0.498. The van der Waals surface area contributed by atoms with E-state index in [0.717, 1.165) is 33.8 Å². The van der Waals surface area contributed by atoms with Crippen molar-refractivity contribution in [3.8, 4) is 0 Å². The van der Waals surface area contributed by atoms with Gasteiger partial charge in [-0.1, -0.05) is 37.3 Å². The highest BCUT2D eigenvalue weighted by atomic mass is 32.2. The molecule has 144 valence electrons. The normalized spacial score (nSPS) is 10.5. The molecular weight excluding hydrogens is 388 g/mol. The Labute approximate surface area is 173 Å². The predicted octanol–water partition coefficient (Wildman–Crippen LogP) is 5.60. The summed E-state index contributed by atoms with van der Waals surface area (Å²) in [5.41, 5.74) is 3.83. The Bertz CT molecular complexity index is 968. The Morgan fingerprint density at radius 2 is 1.86 bits per heavy atom. The van der Waals surface area contributed by atoms with Crippen LogP contribution < -0.4 is 10.6 Å². The van der Waals surface area contributed by atoms with Gasteiger partial charge in [-0.25, -0.2) is 0 Å². The van der Waals surface area contributed by atoms with Crippen molar-refractivity contribution < 1.29 is 9.59 Å². The molecule has 6 heteroatoms. The average Bonchev–Trinajstić information content (AvgIpc) is 3.23. The number of aryl methyl sites for hydroxylation is 2. The summed E-state index contributed by atoms with van der Waals surface area (Å²) >= 11 is 2.85.